The minimum Gasteiger partial charge on any atom is -0.459 e. The minimum atomic E-state index is -0.423. The maximum atomic E-state index is 14.6. The fraction of sp³-hybridized carbons (Fsp3) is 0.148. The molecule has 5 rings (SSSR count). The Morgan fingerprint density at radius 3 is 2.65 bits per heavy atom. The summed E-state index contributed by atoms with van der Waals surface area (Å²) in [7, 11) is 0. The maximum absolute atomic E-state index is 14.6. The van der Waals surface area contributed by atoms with Gasteiger partial charge in [-0.25, -0.2) is 8.78 Å². The predicted molar refractivity (Wildman–Crippen MR) is 144 cm³/mol. The van der Waals surface area contributed by atoms with Gasteiger partial charge in [-0.2, -0.15) is 0 Å². The lowest BCUT2D eigenvalue weighted by molar-refractivity contribution is -0.116. The van der Waals surface area contributed by atoms with Crippen molar-refractivity contribution in [3.63, 3.8) is 0 Å². The van der Waals surface area contributed by atoms with E-state index < -0.39 is 11.9 Å². The van der Waals surface area contributed by atoms with E-state index >= 15 is 0 Å². The predicted octanol–water partition coefficient (Wildman–Crippen LogP) is 6.38. The number of halogens is 3. The first-order valence-corrected chi connectivity index (χ1v) is 12.7. The minimum absolute atomic E-state index is 0.125. The van der Waals surface area contributed by atoms with E-state index in [1.807, 2.05) is 23.1 Å². The molecule has 2 unspecified atom stereocenters. The van der Waals surface area contributed by atoms with Crippen LogP contribution in [0.3, 0.4) is 0 Å². The molecule has 37 heavy (non-hydrogen) atoms. The van der Waals surface area contributed by atoms with Crippen LogP contribution in [0, 0.1) is 11.6 Å². The third-order valence-corrected chi connectivity index (χ3v) is 6.87. The second kappa shape index (κ2) is 10.8. The largest absolute Gasteiger partial charge is 0.459 e. The highest BCUT2D eigenvalue weighted by Crippen LogP contribution is 2.41. The van der Waals surface area contributed by atoms with Crippen LogP contribution in [0.1, 0.15) is 30.0 Å². The van der Waals surface area contributed by atoms with Crippen molar-refractivity contribution in [1.82, 2.24) is 15.2 Å². The third-order valence-electron chi connectivity index (χ3n) is 6.02. The lowest BCUT2D eigenvalue weighted by Gasteiger charge is -2.25. The Morgan fingerprint density at radius 2 is 1.92 bits per heavy atom. The van der Waals surface area contributed by atoms with Crippen LogP contribution in [0.25, 0.3) is 11.3 Å². The number of nitrogens with one attached hydrogen (secondary N) is 2. The topological polar surface area (TPSA) is 70.4 Å². The van der Waals surface area contributed by atoms with Gasteiger partial charge in [0.15, 0.2) is 5.11 Å². The molecule has 1 aliphatic rings. The Kier molecular flexibility index (Phi) is 7.29. The monoisotopic (exact) mass is 582 g/mol. The molecule has 1 saturated heterocycles. The smallest absolute Gasteiger partial charge is 0.226 e. The highest BCUT2D eigenvalue weighted by molar-refractivity contribution is 9.10. The first-order valence-electron chi connectivity index (χ1n) is 11.5. The van der Waals surface area contributed by atoms with Crippen LogP contribution in [-0.4, -0.2) is 27.4 Å². The molecule has 0 radical (unpaired) electrons. The van der Waals surface area contributed by atoms with Gasteiger partial charge in [-0.1, -0.05) is 22.0 Å². The van der Waals surface area contributed by atoms with Crippen molar-refractivity contribution in [1.29, 1.82) is 0 Å². The van der Waals surface area contributed by atoms with Crippen molar-refractivity contribution in [3.05, 3.63) is 107 Å². The molecule has 2 N–H and O–H groups in total. The zero-order valence-corrected chi connectivity index (χ0v) is 21.7. The Bertz CT molecular complexity index is 1430. The van der Waals surface area contributed by atoms with Crippen molar-refractivity contribution in [2.24, 2.45) is 0 Å². The standard InChI is InChI=1S/C27H21BrF2N4O2S/c28-16-4-9-19(20(30)15-16)22-10-11-23(36-22)26-25(21-3-1-2-13-31-21)33-27(37)34(26)14-12-24(35)32-18-7-5-17(29)6-8-18/h1-11,13,15,25-26H,12,14H2,(H,32,35)(H,33,37). The van der Waals surface area contributed by atoms with Crippen molar-refractivity contribution >= 4 is 44.9 Å². The number of anilines is 1. The number of rotatable bonds is 7. The molecular weight excluding hydrogens is 562 g/mol. The number of aromatic nitrogens is 1. The molecule has 2 aromatic carbocycles. The highest BCUT2D eigenvalue weighted by atomic mass is 79.9. The van der Waals surface area contributed by atoms with Gasteiger partial charge in [0.05, 0.1) is 17.3 Å². The normalized spacial score (nSPS) is 17.1. The summed E-state index contributed by atoms with van der Waals surface area (Å²) >= 11 is 8.91. The Morgan fingerprint density at radius 1 is 1.11 bits per heavy atom. The number of hydrogen-bond acceptors (Lipinski definition) is 4. The summed E-state index contributed by atoms with van der Waals surface area (Å²) in [4.78, 5) is 19.0. The van der Waals surface area contributed by atoms with E-state index in [0.29, 0.717) is 32.4 Å². The Hall–Kier alpha value is -3.63. The molecule has 10 heteroatoms. The van der Waals surface area contributed by atoms with Crippen LogP contribution in [0.4, 0.5) is 14.5 Å². The average molecular weight is 583 g/mol. The number of hydrogen-bond donors (Lipinski definition) is 2. The van der Waals surface area contributed by atoms with E-state index in [0.717, 1.165) is 5.69 Å². The Balaban J connectivity index is 1.40. The molecule has 4 aromatic rings. The number of furan rings is 1. The molecule has 0 aliphatic carbocycles. The van der Waals surface area contributed by atoms with Gasteiger partial charge in [-0.15, -0.1) is 0 Å². The molecular formula is C27H21BrF2N4O2S. The summed E-state index contributed by atoms with van der Waals surface area (Å²) in [6.45, 7) is 0.287. The molecule has 2 atom stereocenters. The number of carbonyl (C=O) groups excluding carboxylic acids is 1. The zero-order valence-electron chi connectivity index (χ0n) is 19.3. The van der Waals surface area contributed by atoms with Crippen LogP contribution >= 0.6 is 28.1 Å². The lowest BCUT2D eigenvalue weighted by Crippen LogP contribution is -2.32. The molecule has 0 bridgehead atoms. The van der Waals surface area contributed by atoms with Crippen LogP contribution < -0.4 is 10.6 Å². The third kappa shape index (κ3) is 5.55. The van der Waals surface area contributed by atoms with Crippen LogP contribution in [0.2, 0.25) is 0 Å². The number of pyridine rings is 1. The van der Waals surface area contributed by atoms with Gasteiger partial charge in [0.25, 0.3) is 0 Å². The van der Waals surface area contributed by atoms with E-state index in [9.17, 15) is 13.6 Å². The SMILES string of the molecule is O=C(CCN1C(=S)NC(c2ccccn2)C1c1ccc(-c2ccc(Br)cc2F)o1)Nc1ccc(F)cc1. The summed E-state index contributed by atoms with van der Waals surface area (Å²) in [5.41, 5.74) is 1.59. The maximum Gasteiger partial charge on any atom is 0.226 e. The number of thiocarbonyl (C=S) groups is 1. The van der Waals surface area contributed by atoms with Gasteiger partial charge in [0, 0.05) is 29.3 Å². The van der Waals surface area contributed by atoms with Gasteiger partial charge < -0.3 is 20.0 Å². The van der Waals surface area contributed by atoms with E-state index in [1.165, 1.54) is 30.3 Å². The zero-order chi connectivity index (χ0) is 25.9. The fourth-order valence-corrected chi connectivity index (χ4v) is 4.94. The van der Waals surface area contributed by atoms with E-state index in [-0.39, 0.29) is 30.7 Å². The van der Waals surface area contributed by atoms with Gasteiger partial charge in [0.1, 0.15) is 29.2 Å². The van der Waals surface area contributed by atoms with Crippen molar-refractivity contribution < 1.29 is 18.0 Å². The second-order valence-electron chi connectivity index (χ2n) is 8.45. The summed E-state index contributed by atoms with van der Waals surface area (Å²) in [6.07, 6.45) is 1.82. The van der Waals surface area contributed by atoms with Crippen LogP contribution in [0.5, 0.6) is 0 Å². The van der Waals surface area contributed by atoms with E-state index in [1.54, 1.807) is 30.5 Å². The van der Waals surface area contributed by atoms with E-state index in [2.05, 4.69) is 31.5 Å². The summed E-state index contributed by atoms with van der Waals surface area (Å²) in [5, 5.41) is 6.51. The first kappa shape index (κ1) is 25.0. The number of carbonyl (C=O) groups is 1. The summed E-state index contributed by atoms with van der Waals surface area (Å²) in [5.74, 6) is -0.0981. The second-order valence-corrected chi connectivity index (χ2v) is 9.75. The summed E-state index contributed by atoms with van der Waals surface area (Å²) in [6, 6.07) is 18.7. The molecule has 6 nitrogen and oxygen atoms in total. The van der Waals surface area contributed by atoms with E-state index in [4.69, 9.17) is 16.6 Å². The molecule has 1 fully saturated rings. The number of benzene rings is 2. The van der Waals surface area contributed by atoms with Crippen LogP contribution in [0.15, 0.2) is 87.9 Å². The molecule has 3 heterocycles. The average Bonchev–Trinajstić information content (AvgIpc) is 3.49. The quantitative estimate of drug-likeness (QED) is 0.246. The van der Waals surface area contributed by atoms with Crippen LogP contribution in [-0.2, 0) is 4.79 Å². The van der Waals surface area contributed by atoms with Gasteiger partial charge in [-0.05, 0) is 78.9 Å². The fourth-order valence-electron chi connectivity index (χ4n) is 4.28. The molecule has 0 spiro atoms. The molecule has 2 aromatic heterocycles. The molecule has 188 valence electrons. The van der Waals surface area contributed by atoms with Gasteiger partial charge >= 0.3 is 0 Å². The molecule has 1 amide bonds. The van der Waals surface area contributed by atoms with Crippen molar-refractivity contribution in [2.75, 3.05) is 11.9 Å². The van der Waals surface area contributed by atoms with Crippen molar-refractivity contribution in [2.45, 2.75) is 18.5 Å². The summed E-state index contributed by atoms with van der Waals surface area (Å²) < 4.78 is 34.6. The lowest BCUT2D eigenvalue weighted by atomic mass is 10.0. The number of nitrogens with zero attached hydrogens (tertiary/aromatic N) is 2. The van der Waals surface area contributed by atoms with Gasteiger partial charge in [-0.3, -0.25) is 9.78 Å². The number of amides is 1. The molecule has 1 aliphatic heterocycles. The van der Waals surface area contributed by atoms with Crippen molar-refractivity contribution in [3.8, 4) is 11.3 Å². The first-order chi connectivity index (χ1) is 17.9. The molecule has 0 saturated carbocycles. The van der Waals surface area contributed by atoms with Gasteiger partial charge in [0.2, 0.25) is 5.91 Å². The highest BCUT2D eigenvalue weighted by Gasteiger charge is 2.41. The Labute approximate surface area is 225 Å².